The van der Waals surface area contributed by atoms with Gasteiger partial charge in [-0.3, -0.25) is 4.79 Å². The lowest BCUT2D eigenvalue weighted by molar-refractivity contribution is 0.0707. The zero-order chi connectivity index (χ0) is 15.4. The lowest BCUT2D eigenvalue weighted by Gasteiger charge is -2.29. The maximum atomic E-state index is 13.0. The SMILES string of the molecule is C=CCN(C(=O)c1cc(N)ccc1N(C)C)C1CCCC1. The number of anilines is 2. The zero-order valence-corrected chi connectivity index (χ0v) is 13.0. The molecule has 0 aliphatic heterocycles. The summed E-state index contributed by atoms with van der Waals surface area (Å²) in [6.07, 6.45) is 6.36. The average Bonchev–Trinajstić information content (AvgIpc) is 2.97. The first-order valence-corrected chi connectivity index (χ1v) is 7.53. The average molecular weight is 287 g/mol. The van der Waals surface area contributed by atoms with Crippen LogP contribution in [-0.2, 0) is 0 Å². The van der Waals surface area contributed by atoms with Gasteiger partial charge in [-0.05, 0) is 31.0 Å². The van der Waals surface area contributed by atoms with E-state index < -0.39 is 0 Å². The Hall–Kier alpha value is -1.97. The molecule has 1 fully saturated rings. The highest BCUT2D eigenvalue weighted by Crippen LogP contribution is 2.28. The molecular formula is C17H25N3O. The largest absolute Gasteiger partial charge is 0.399 e. The molecule has 1 aliphatic carbocycles. The Morgan fingerprint density at radius 3 is 2.62 bits per heavy atom. The summed E-state index contributed by atoms with van der Waals surface area (Å²) in [7, 11) is 3.88. The second-order valence-electron chi connectivity index (χ2n) is 5.86. The van der Waals surface area contributed by atoms with Crippen LogP contribution in [-0.4, -0.2) is 37.5 Å². The highest BCUT2D eigenvalue weighted by atomic mass is 16.2. The topological polar surface area (TPSA) is 49.6 Å². The number of benzene rings is 1. The number of carbonyl (C=O) groups excluding carboxylic acids is 1. The number of nitrogens with zero attached hydrogens (tertiary/aromatic N) is 2. The minimum Gasteiger partial charge on any atom is -0.399 e. The van der Waals surface area contributed by atoms with E-state index in [-0.39, 0.29) is 5.91 Å². The fourth-order valence-corrected chi connectivity index (χ4v) is 3.02. The lowest BCUT2D eigenvalue weighted by atomic mass is 10.1. The van der Waals surface area contributed by atoms with E-state index in [2.05, 4.69) is 6.58 Å². The molecule has 2 rings (SSSR count). The maximum Gasteiger partial charge on any atom is 0.256 e. The van der Waals surface area contributed by atoms with Crippen molar-refractivity contribution in [2.45, 2.75) is 31.7 Å². The van der Waals surface area contributed by atoms with Gasteiger partial charge in [-0.2, -0.15) is 0 Å². The lowest BCUT2D eigenvalue weighted by Crippen LogP contribution is -2.39. The van der Waals surface area contributed by atoms with Crippen LogP contribution in [0.15, 0.2) is 30.9 Å². The zero-order valence-electron chi connectivity index (χ0n) is 13.0. The molecule has 1 amide bonds. The third-order valence-corrected chi connectivity index (χ3v) is 4.08. The Bertz CT molecular complexity index is 519. The van der Waals surface area contributed by atoms with Gasteiger partial charge in [0.15, 0.2) is 0 Å². The number of nitrogen functional groups attached to an aromatic ring is 1. The molecule has 0 aromatic heterocycles. The minimum absolute atomic E-state index is 0.0535. The van der Waals surface area contributed by atoms with Crippen LogP contribution in [0.4, 0.5) is 11.4 Å². The molecule has 0 heterocycles. The molecule has 4 heteroatoms. The molecule has 0 atom stereocenters. The summed E-state index contributed by atoms with van der Waals surface area (Å²) in [5.74, 6) is 0.0535. The van der Waals surface area contributed by atoms with Gasteiger partial charge in [0, 0.05) is 38.1 Å². The molecule has 2 N–H and O–H groups in total. The van der Waals surface area contributed by atoms with Crippen LogP contribution in [0.1, 0.15) is 36.0 Å². The Labute approximate surface area is 127 Å². The van der Waals surface area contributed by atoms with E-state index in [4.69, 9.17) is 5.73 Å². The smallest absolute Gasteiger partial charge is 0.256 e. The summed E-state index contributed by atoms with van der Waals surface area (Å²) in [4.78, 5) is 16.9. The van der Waals surface area contributed by atoms with Gasteiger partial charge in [-0.15, -0.1) is 6.58 Å². The fraction of sp³-hybridized carbons (Fsp3) is 0.471. The van der Waals surface area contributed by atoms with Crippen molar-refractivity contribution in [3.05, 3.63) is 36.4 Å². The molecule has 0 spiro atoms. The number of amides is 1. The van der Waals surface area contributed by atoms with E-state index in [1.54, 1.807) is 12.1 Å². The quantitative estimate of drug-likeness (QED) is 0.669. The first-order valence-electron chi connectivity index (χ1n) is 7.53. The van der Waals surface area contributed by atoms with E-state index in [0.717, 1.165) is 18.5 Å². The summed E-state index contributed by atoms with van der Waals surface area (Å²) >= 11 is 0. The number of hydrogen-bond donors (Lipinski definition) is 1. The molecule has 0 bridgehead atoms. The summed E-state index contributed by atoms with van der Waals surface area (Å²) in [6, 6.07) is 5.85. The van der Waals surface area contributed by atoms with Gasteiger partial charge in [0.05, 0.1) is 5.56 Å². The Kier molecular flexibility index (Phi) is 4.89. The predicted octanol–water partition coefficient (Wildman–Crippen LogP) is 2.91. The van der Waals surface area contributed by atoms with Crippen LogP contribution in [0.2, 0.25) is 0 Å². The number of carbonyl (C=O) groups is 1. The number of nitrogens with two attached hydrogens (primary N) is 1. The van der Waals surface area contributed by atoms with E-state index in [9.17, 15) is 4.79 Å². The molecule has 4 nitrogen and oxygen atoms in total. The van der Waals surface area contributed by atoms with E-state index in [0.29, 0.717) is 23.8 Å². The molecular weight excluding hydrogens is 262 g/mol. The predicted molar refractivity (Wildman–Crippen MR) is 88.7 cm³/mol. The van der Waals surface area contributed by atoms with Gasteiger partial charge in [0.1, 0.15) is 0 Å². The first kappa shape index (κ1) is 15.4. The van der Waals surface area contributed by atoms with Crippen LogP contribution in [0.3, 0.4) is 0 Å². The first-order chi connectivity index (χ1) is 10.0. The van der Waals surface area contributed by atoms with Crippen LogP contribution in [0.5, 0.6) is 0 Å². The monoisotopic (exact) mass is 287 g/mol. The molecule has 0 radical (unpaired) electrons. The number of hydrogen-bond acceptors (Lipinski definition) is 3. The molecule has 21 heavy (non-hydrogen) atoms. The normalized spacial score (nSPS) is 15.0. The third-order valence-electron chi connectivity index (χ3n) is 4.08. The highest BCUT2D eigenvalue weighted by molar-refractivity contribution is 6.01. The van der Waals surface area contributed by atoms with Crippen LogP contribution in [0.25, 0.3) is 0 Å². The van der Waals surface area contributed by atoms with Crippen LogP contribution >= 0.6 is 0 Å². The minimum atomic E-state index is 0.0535. The van der Waals surface area contributed by atoms with Crippen molar-refractivity contribution in [2.24, 2.45) is 0 Å². The van der Waals surface area contributed by atoms with Gasteiger partial charge in [-0.1, -0.05) is 18.9 Å². The highest BCUT2D eigenvalue weighted by Gasteiger charge is 2.28. The molecule has 1 aliphatic rings. The Balaban J connectivity index is 2.35. The molecule has 1 aromatic rings. The molecule has 1 saturated carbocycles. The van der Waals surface area contributed by atoms with Crippen molar-refractivity contribution < 1.29 is 4.79 Å². The van der Waals surface area contributed by atoms with Crippen LogP contribution in [0, 0.1) is 0 Å². The molecule has 0 saturated heterocycles. The summed E-state index contributed by atoms with van der Waals surface area (Å²) in [5, 5.41) is 0. The summed E-state index contributed by atoms with van der Waals surface area (Å²) < 4.78 is 0. The van der Waals surface area contributed by atoms with E-state index >= 15 is 0 Å². The third kappa shape index (κ3) is 3.38. The van der Waals surface area contributed by atoms with Crippen molar-refractivity contribution in [3.63, 3.8) is 0 Å². The molecule has 1 aromatic carbocycles. The van der Waals surface area contributed by atoms with Crippen molar-refractivity contribution >= 4 is 17.3 Å². The van der Waals surface area contributed by atoms with Crippen molar-refractivity contribution in [1.82, 2.24) is 4.90 Å². The Morgan fingerprint density at radius 2 is 2.05 bits per heavy atom. The van der Waals surface area contributed by atoms with Gasteiger partial charge < -0.3 is 15.5 Å². The van der Waals surface area contributed by atoms with E-state index in [1.807, 2.05) is 36.0 Å². The second-order valence-corrected chi connectivity index (χ2v) is 5.86. The Morgan fingerprint density at radius 1 is 1.38 bits per heavy atom. The molecule has 0 unspecified atom stereocenters. The molecule has 114 valence electrons. The van der Waals surface area contributed by atoms with Gasteiger partial charge in [0.2, 0.25) is 0 Å². The van der Waals surface area contributed by atoms with Gasteiger partial charge in [0.25, 0.3) is 5.91 Å². The van der Waals surface area contributed by atoms with E-state index in [1.165, 1.54) is 12.8 Å². The van der Waals surface area contributed by atoms with Gasteiger partial charge >= 0.3 is 0 Å². The van der Waals surface area contributed by atoms with Crippen molar-refractivity contribution in [2.75, 3.05) is 31.3 Å². The second kappa shape index (κ2) is 6.66. The maximum absolute atomic E-state index is 13.0. The van der Waals surface area contributed by atoms with Crippen LogP contribution < -0.4 is 10.6 Å². The summed E-state index contributed by atoms with van der Waals surface area (Å²) in [5.41, 5.74) is 8.08. The van der Waals surface area contributed by atoms with Gasteiger partial charge in [-0.25, -0.2) is 0 Å². The summed E-state index contributed by atoms with van der Waals surface area (Å²) in [6.45, 7) is 4.38. The van der Waals surface area contributed by atoms with Crippen molar-refractivity contribution in [3.8, 4) is 0 Å². The standard InChI is InChI=1S/C17H25N3O/c1-4-11-20(14-7-5-6-8-14)17(21)15-12-13(18)9-10-16(15)19(2)3/h4,9-10,12,14H,1,5-8,11,18H2,2-3H3. The number of rotatable bonds is 5. The fourth-order valence-electron chi connectivity index (χ4n) is 3.02. The van der Waals surface area contributed by atoms with Crippen molar-refractivity contribution in [1.29, 1.82) is 0 Å².